The average Bonchev–Trinajstić information content (AvgIpc) is 3.03. The minimum Gasteiger partial charge on any atom is -0.380 e. The fourth-order valence-electron chi connectivity index (χ4n) is 3.10. The molecule has 3 rings (SSSR count). The second kappa shape index (κ2) is 7.40. The van der Waals surface area contributed by atoms with Gasteiger partial charge in [0, 0.05) is 35.9 Å². The molecular weight excluding hydrogens is 327 g/mol. The number of carbonyl (C=O) groups is 1. The van der Waals surface area contributed by atoms with Crippen molar-refractivity contribution in [3.63, 3.8) is 0 Å². The van der Waals surface area contributed by atoms with Crippen molar-refractivity contribution in [2.45, 2.75) is 38.8 Å². The van der Waals surface area contributed by atoms with E-state index in [9.17, 15) is 9.18 Å². The molecule has 6 heteroatoms. The molecule has 128 valence electrons. The molecule has 1 aliphatic rings. The van der Waals surface area contributed by atoms with Crippen molar-refractivity contribution in [3.05, 3.63) is 51.2 Å². The first-order valence-corrected chi connectivity index (χ1v) is 8.98. The van der Waals surface area contributed by atoms with Crippen LogP contribution in [-0.2, 0) is 11.3 Å². The molecular formula is C18H21FN2O2S. The van der Waals surface area contributed by atoms with E-state index in [0.29, 0.717) is 17.7 Å². The van der Waals surface area contributed by atoms with Crippen LogP contribution < -0.4 is 0 Å². The zero-order valence-electron chi connectivity index (χ0n) is 13.9. The first-order valence-electron chi connectivity index (χ1n) is 8.10. The van der Waals surface area contributed by atoms with Crippen LogP contribution in [0.2, 0.25) is 0 Å². The van der Waals surface area contributed by atoms with Gasteiger partial charge in [0.2, 0.25) is 0 Å². The van der Waals surface area contributed by atoms with E-state index >= 15 is 0 Å². The van der Waals surface area contributed by atoms with Crippen LogP contribution in [0.15, 0.2) is 23.6 Å². The molecule has 1 atom stereocenters. The summed E-state index contributed by atoms with van der Waals surface area (Å²) in [5.41, 5.74) is 1.89. The Morgan fingerprint density at radius 2 is 2.29 bits per heavy atom. The van der Waals surface area contributed by atoms with Gasteiger partial charge in [0.25, 0.3) is 5.91 Å². The quantitative estimate of drug-likeness (QED) is 0.835. The molecule has 24 heavy (non-hydrogen) atoms. The smallest absolute Gasteiger partial charge is 0.254 e. The van der Waals surface area contributed by atoms with Crippen LogP contribution in [0.3, 0.4) is 0 Å². The lowest BCUT2D eigenvalue weighted by molar-refractivity contribution is 0.0610. The lowest BCUT2D eigenvalue weighted by atomic mass is 10.0. The first-order chi connectivity index (χ1) is 11.6. The zero-order chi connectivity index (χ0) is 17.1. The fourth-order valence-corrected chi connectivity index (χ4v) is 4.04. The Morgan fingerprint density at radius 3 is 3.00 bits per heavy atom. The number of ether oxygens (including phenoxy) is 1. The second-order valence-electron chi connectivity index (χ2n) is 6.08. The average molecular weight is 348 g/mol. The monoisotopic (exact) mass is 348 g/mol. The highest BCUT2D eigenvalue weighted by molar-refractivity contribution is 7.09. The number of likely N-dealkylation sites (tertiary alicyclic amines) is 1. The second-order valence-corrected chi connectivity index (χ2v) is 6.97. The Balaban J connectivity index is 1.88. The molecule has 1 saturated heterocycles. The Hall–Kier alpha value is -1.79. The lowest BCUT2D eigenvalue weighted by Gasteiger charge is -2.34. The molecule has 0 spiro atoms. The summed E-state index contributed by atoms with van der Waals surface area (Å²) in [7, 11) is 1.51. The minimum atomic E-state index is -0.348. The molecule has 1 amide bonds. The largest absolute Gasteiger partial charge is 0.380 e. The van der Waals surface area contributed by atoms with Crippen molar-refractivity contribution >= 4 is 17.2 Å². The number of methoxy groups -OCH3 is 1. The van der Waals surface area contributed by atoms with E-state index in [2.05, 4.69) is 4.98 Å². The highest BCUT2D eigenvalue weighted by atomic mass is 32.1. The number of piperidine rings is 1. The van der Waals surface area contributed by atoms with Crippen molar-refractivity contribution in [2.24, 2.45) is 0 Å². The molecule has 0 aliphatic carbocycles. The molecule has 2 heterocycles. The summed E-state index contributed by atoms with van der Waals surface area (Å²) in [5.74, 6) is -0.413. The summed E-state index contributed by atoms with van der Waals surface area (Å²) in [5, 5.41) is 3.00. The van der Waals surface area contributed by atoms with Crippen LogP contribution in [0, 0.1) is 12.7 Å². The van der Waals surface area contributed by atoms with Gasteiger partial charge in [-0.05, 0) is 44.4 Å². The van der Waals surface area contributed by atoms with Crippen molar-refractivity contribution in [1.82, 2.24) is 9.88 Å². The number of aromatic nitrogens is 1. The molecule has 0 bridgehead atoms. The van der Waals surface area contributed by atoms with Gasteiger partial charge < -0.3 is 9.64 Å². The van der Waals surface area contributed by atoms with E-state index in [-0.39, 0.29) is 24.4 Å². The molecule has 0 N–H and O–H groups in total. The Morgan fingerprint density at radius 1 is 1.46 bits per heavy atom. The number of rotatable bonds is 4. The van der Waals surface area contributed by atoms with Crippen LogP contribution in [-0.4, -0.2) is 29.4 Å². The number of benzene rings is 1. The number of aryl methyl sites for hydroxylation is 1. The molecule has 4 nitrogen and oxygen atoms in total. The lowest BCUT2D eigenvalue weighted by Crippen LogP contribution is -2.38. The van der Waals surface area contributed by atoms with E-state index in [1.54, 1.807) is 23.5 Å². The first kappa shape index (κ1) is 17.0. The Labute approximate surface area is 145 Å². The summed E-state index contributed by atoms with van der Waals surface area (Å²) >= 11 is 1.60. The topological polar surface area (TPSA) is 42.4 Å². The van der Waals surface area contributed by atoms with Gasteiger partial charge in [-0.3, -0.25) is 4.79 Å². The third-order valence-electron chi connectivity index (χ3n) is 4.28. The highest BCUT2D eigenvalue weighted by Gasteiger charge is 2.30. The SMILES string of the molecule is COCc1cc(C(=O)N2CCCC[C@H]2c2nc(C)cs2)ccc1F. The number of nitrogens with zero attached hydrogens (tertiary/aromatic N) is 2. The Bertz CT molecular complexity index is 732. The van der Waals surface area contributed by atoms with Crippen LogP contribution >= 0.6 is 11.3 Å². The highest BCUT2D eigenvalue weighted by Crippen LogP contribution is 2.34. The van der Waals surface area contributed by atoms with Gasteiger partial charge in [-0.2, -0.15) is 0 Å². The number of thiazole rings is 1. The van der Waals surface area contributed by atoms with E-state index in [1.807, 2.05) is 17.2 Å². The molecule has 0 saturated carbocycles. The minimum absolute atomic E-state index is 0.0147. The van der Waals surface area contributed by atoms with Crippen molar-refractivity contribution in [2.75, 3.05) is 13.7 Å². The summed E-state index contributed by atoms with van der Waals surface area (Å²) in [4.78, 5) is 19.4. The van der Waals surface area contributed by atoms with Gasteiger partial charge in [0.05, 0.1) is 12.6 Å². The van der Waals surface area contributed by atoms with E-state index in [1.165, 1.54) is 13.2 Å². The summed E-state index contributed by atoms with van der Waals surface area (Å²) in [6.45, 7) is 2.83. The molecule has 0 unspecified atom stereocenters. The van der Waals surface area contributed by atoms with Gasteiger partial charge in [0.15, 0.2) is 0 Å². The number of carbonyl (C=O) groups excluding carboxylic acids is 1. The predicted molar refractivity (Wildman–Crippen MR) is 91.6 cm³/mol. The zero-order valence-corrected chi connectivity index (χ0v) is 14.7. The van der Waals surface area contributed by atoms with E-state index in [4.69, 9.17) is 4.74 Å². The van der Waals surface area contributed by atoms with Gasteiger partial charge in [0.1, 0.15) is 10.8 Å². The van der Waals surface area contributed by atoms with Gasteiger partial charge in [-0.25, -0.2) is 9.37 Å². The molecule has 1 aromatic heterocycles. The fraction of sp³-hybridized carbons (Fsp3) is 0.444. The summed E-state index contributed by atoms with van der Waals surface area (Å²) in [6.07, 6.45) is 2.99. The standard InChI is InChI=1S/C18H21FN2O2S/c1-12-11-24-17(20-12)16-5-3-4-8-21(16)18(22)13-6-7-15(19)14(9-13)10-23-2/h6-7,9,11,16H,3-5,8,10H2,1-2H3/t16-/m0/s1. The van der Waals surface area contributed by atoms with Gasteiger partial charge in [-0.15, -0.1) is 11.3 Å². The van der Waals surface area contributed by atoms with Crippen LogP contribution in [0.4, 0.5) is 4.39 Å². The van der Waals surface area contributed by atoms with Gasteiger partial charge >= 0.3 is 0 Å². The number of hydrogen-bond acceptors (Lipinski definition) is 4. The summed E-state index contributed by atoms with van der Waals surface area (Å²) < 4.78 is 18.8. The third kappa shape index (κ3) is 3.49. The number of amides is 1. The normalized spacial score (nSPS) is 18.0. The van der Waals surface area contributed by atoms with Crippen molar-refractivity contribution < 1.29 is 13.9 Å². The van der Waals surface area contributed by atoms with Gasteiger partial charge in [-0.1, -0.05) is 0 Å². The maximum atomic E-state index is 13.8. The van der Waals surface area contributed by atoms with Crippen molar-refractivity contribution in [3.8, 4) is 0 Å². The maximum Gasteiger partial charge on any atom is 0.254 e. The number of hydrogen-bond donors (Lipinski definition) is 0. The van der Waals surface area contributed by atoms with Crippen LogP contribution in [0.1, 0.15) is 51.9 Å². The molecule has 1 aliphatic heterocycles. The molecule has 1 fully saturated rings. The third-order valence-corrected chi connectivity index (χ3v) is 5.34. The van der Waals surface area contributed by atoms with E-state index in [0.717, 1.165) is 30.0 Å². The molecule has 1 aromatic carbocycles. The summed E-state index contributed by atoms with van der Waals surface area (Å²) in [6, 6.07) is 4.50. The molecule has 2 aromatic rings. The molecule has 0 radical (unpaired) electrons. The predicted octanol–water partition coefficient (Wildman–Crippen LogP) is 4.10. The van der Waals surface area contributed by atoms with E-state index < -0.39 is 0 Å². The Kier molecular flexibility index (Phi) is 5.26. The maximum absolute atomic E-state index is 13.8. The van der Waals surface area contributed by atoms with Crippen molar-refractivity contribution in [1.29, 1.82) is 0 Å². The number of halogens is 1. The van der Waals surface area contributed by atoms with Crippen LogP contribution in [0.25, 0.3) is 0 Å². The van der Waals surface area contributed by atoms with Crippen LogP contribution in [0.5, 0.6) is 0 Å².